The van der Waals surface area contributed by atoms with Crippen molar-refractivity contribution >= 4 is 11.7 Å². The predicted molar refractivity (Wildman–Crippen MR) is 53.5 cm³/mol. The van der Waals surface area contributed by atoms with Crippen molar-refractivity contribution < 1.29 is 9.72 Å². The van der Waals surface area contributed by atoms with E-state index in [-0.39, 0.29) is 11.4 Å². The molecule has 6 nitrogen and oxygen atoms in total. The number of carbonyl (C=O) groups excluding carboxylic acids is 1. The summed E-state index contributed by atoms with van der Waals surface area (Å²) in [6.45, 7) is 3.37. The third-order valence-electron chi connectivity index (χ3n) is 2.22. The lowest BCUT2D eigenvalue weighted by atomic mass is 10.0. The highest BCUT2D eigenvalue weighted by atomic mass is 16.6. The Balaban J connectivity index is 3.45. The van der Waals surface area contributed by atoms with Crippen LogP contribution >= 0.6 is 0 Å². The van der Waals surface area contributed by atoms with Crippen molar-refractivity contribution in [3.63, 3.8) is 0 Å². The Morgan fingerprint density at radius 3 is 2.67 bits per heavy atom. The maximum Gasteiger partial charge on any atom is 0.366 e. The third-order valence-corrected chi connectivity index (χ3v) is 2.22. The van der Waals surface area contributed by atoms with E-state index in [1.54, 1.807) is 13.8 Å². The lowest BCUT2D eigenvalue weighted by molar-refractivity contribution is -0.390. The van der Waals surface area contributed by atoms with Crippen LogP contribution in [0.5, 0.6) is 0 Å². The van der Waals surface area contributed by atoms with Crippen LogP contribution in [-0.2, 0) is 6.42 Å². The van der Waals surface area contributed by atoms with Gasteiger partial charge in [0.25, 0.3) is 5.91 Å². The summed E-state index contributed by atoms with van der Waals surface area (Å²) >= 11 is 0. The standard InChI is InChI=1S/C9H11N3O3/c1-3-6-5(2)9(12(14)15)11-4-7(6)8(10)13/h4H,3H2,1-2H3,(H2,10,13). The number of carbonyl (C=O) groups is 1. The van der Waals surface area contributed by atoms with E-state index in [4.69, 9.17) is 5.73 Å². The fraction of sp³-hybridized carbons (Fsp3) is 0.333. The number of hydrogen-bond acceptors (Lipinski definition) is 4. The molecule has 80 valence electrons. The van der Waals surface area contributed by atoms with Gasteiger partial charge in [0.15, 0.2) is 6.20 Å². The lowest BCUT2D eigenvalue weighted by Gasteiger charge is -2.06. The van der Waals surface area contributed by atoms with Crippen molar-refractivity contribution in [2.45, 2.75) is 20.3 Å². The summed E-state index contributed by atoms with van der Waals surface area (Å²) in [6, 6.07) is 0. The zero-order valence-corrected chi connectivity index (χ0v) is 8.48. The zero-order valence-electron chi connectivity index (χ0n) is 8.48. The quantitative estimate of drug-likeness (QED) is 0.591. The van der Waals surface area contributed by atoms with Crippen molar-refractivity contribution in [3.05, 3.63) is 33.0 Å². The summed E-state index contributed by atoms with van der Waals surface area (Å²) in [5, 5.41) is 10.6. The van der Waals surface area contributed by atoms with Crippen LogP contribution in [0.1, 0.15) is 28.4 Å². The molecule has 0 unspecified atom stereocenters. The second-order valence-electron chi connectivity index (χ2n) is 3.07. The zero-order chi connectivity index (χ0) is 11.6. The molecule has 0 aliphatic carbocycles. The molecule has 0 spiro atoms. The maximum absolute atomic E-state index is 11.0. The summed E-state index contributed by atoms with van der Waals surface area (Å²) < 4.78 is 0. The molecule has 0 radical (unpaired) electrons. The topological polar surface area (TPSA) is 99.1 Å². The molecule has 0 saturated carbocycles. The Labute approximate surface area is 86.3 Å². The Bertz CT molecular complexity index is 429. The lowest BCUT2D eigenvalue weighted by Crippen LogP contribution is -2.16. The van der Waals surface area contributed by atoms with Crippen molar-refractivity contribution in [3.8, 4) is 0 Å². The Hall–Kier alpha value is -1.98. The number of amides is 1. The monoisotopic (exact) mass is 209 g/mol. The van der Waals surface area contributed by atoms with E-state index in [0.29, 0.717) is 17.5 Å². The number of nitrogens with zero attached hydrogens (tertiary/aromatic N) is 2. The van der Waals surface area contributed by atoms with E-state index in [9.17, 15) is 14.9 Å². The molecule has 0 aliphatic rings. The molecule has 0 aromatic carbocycles. The van der Waals surface area contributed by atoms with Crippen LogP contribution in [0.4, 0.5) is 5.82 Å². The molecule has 1 amide bonds. The van der Waals surface area contributed by atoms with Crippen molar-refractivity contribution in [1.29, 1.82) is 0 Å². The number of rotatable bonds is 3. The van der Waals surface area contributed by atoms with E-state index in [2.05, 4.69) is 4.98 Å². The molecule has 0 fully saturated rings. The van der Waals surface area contributed by atoms with E-state index in [1.165, 1.54) is 0 Å². The molecule has 1 aromatic heterocycles. The van der Waals surface area contributed by atoms with E-state index >= 15 is 0 Å². The molecule has 0 atom stereocenters. The minimum Gasteiger partial charge on any atom is -0.365 e. The number of pyridine rings is 1. The second-order valence-corrected chi connectivity index (χ2v) is 3.07. The van der Waals surface area contributed by atoms with Crippen molar-refractivity contribution in [1.82, 2.24) is 4.98 Å². The van der Waals surface area contributed by atoms with Crippen LogP contribution in [0, 0.1) is 17.0 Å². The van der Waals surface area contributed by atoms with Gasteiger partial charge in [0.1, 0.15) is 0 Å². The number of primary amides is 1. The number of hydrogen-bond donors (Lipinski definition) is 1. The minimum atomic E-state index is -0.614. The number of aromatic nitrogens is 1. The Morgan fingerprint density at radius 1 is 1.67 bits per heavy atom. The smallest absolute Gasteiger partial charge is 0.365 e. The average Bonchev–Trinajstić information content (AvgIpc) is 2.16. The van der Waals surface area contributed by atoms with Gasteiger partial charge >= 0.3 is 5.82 Å². The number of nitrogens with two attached hydrogens (primary N) is 1. The van der Waals surface area contributed by atoms with Gasteiger partial charge in [-0.25, -0.2) is 0 Å². The van der Waals surface area contributed by atoms with Gasteiger partial charge in [0, 0.05) is 0 Å². The summed E-state index contributed by atoms with van der Waals surface area (Å²) in [5.74, 6) is -0.839. The highest BCUT2D eigenvalue weighted by Gasteiger charge is 2.20. The first-order valence-corrected chi connectivity index (χ1v) is 4.41. The summed E-state index contributed by atoms with van der Waals surface area (Å²) in [4.78, 5) is 24.7. The van der Waals surface area contributed by atoms with E-state index in [0.717, 1.165) is 6.20 Å². The highest BCUT2D eigenvalue weighted by Crippen LogP contribution is 2.21. The summed E-state index contributed by atoms with van der Waals surface area (Å²) in [6.07, 6.45) is 1.67. The molecule has 0 aliphatic heterocycles. The molecule has 6 heteroatoms. The summed E-state index contributed by atoms with van der Waals surface area (Å²) in [5.41, 5.74) is 6.38. The predicted octanol–water partition coefficient (Wildman–Crippen LogP) is 0.960. The van der Waals surface area contributed by atoms with E-state index in [1.807, 2.05) is 0 Å². The first-order chi connectivity index (χ1) is 6.99. The molecule has 0 bridgehead atoms. The van der Waals surface area contributed by atoms with Crippen LogP contribution in [0.15, 0.2) is 6.20 Å². The molecule has 15 heavy (non-hydrogen) atoms. The van der Waals surface area contributed by atoms with Crippen molar-refractivity contribution in [2.75, 3.05) is 0 Å². The van der Waals surface area contributed by atoms with Gasteiger partial charge in [0.05, 0.1) is 11.1 Å². The van der Waals surface area contributed by atoms with Gasteiger partial charge in [-0.05, 0) is 28.8 Å². The SMILES string of the molecule is CCc1c(C(N)=O)cnc([N+](=O)[O-])c1C. The largest absolute Gasteiger partial charge is 0.366 e. The van der Waals surface area contributed by atoms with Gasteiger partial charge in [-0.1, -0.05) is 6.92 Å². The molecular formula is C9H11N3O3. The normalized spacial score (nSPS) is 10.0. The first kappa shape index (κ1) is 11.1. The molecule has 1 aromatic rings. The van der Waals surface area contributed by atoms with Gasteiger partial charge in [-0.15, -0.1) is 0 Å². The Kier molecular flexibility index (Phi) is 2.99. The minimum absolute atomic E-state index is 0.225. The summed E-state index contributed by atoms with van der Waals surface area (Å²) in [7, 11) is 0. The molecular weight excluding hydrogens is 198 g/mol. The van der Waals surface area contributed by atoms with Gasteiger partial charge in [-0.2, -0.15) is 0 Å². The van der Waals surface area contributed by atoms with Crippen LogP contribution < -0.4 is 5.73 Å². The average molecular weight is 209 g/mol. The fourth-order valence-electron chi connectivity index (χ4n) is 1.49. The van der Waals surface area contributed by atoms with Crippen molar-refractivity contribution in [2.24, 2.45) is 5.73 Å². The third kappa shape index (κ3) is 1.93. The maximum atomic E-state index is 11.0. The van der Waals surface area contributed by atoms with Crippen LogP contribution in [-0.4, -0.2) is 15.8 Å². The molecule has 1 rings (SSSR count). The van der Waals surface area contributed by atoms with Crippen LogP contribution in [0.25, 0.3) is 0 Å². The fourth-order valence-corrected chi connectivity index (χ4v) is 1.49. The van der Waals surface area contributed by atoms with Crippen LogP contribution in [0.3, 0.4) is 0 Å². The Morgan fingerprint density at radius 2 is 2.27 bits per heavy atom. The molecule has 2 N–H and O–H groups in total. The highest BCUT2D eigenvalue weighted by molar-refractivity contribution is 5.94. The molecule has 1 heterocycles. The number of nitro groups is 1. The first-order valence-electron chi connectivity index (χ1n) is 4.41. The van der Waals surface area contributed by atoms with E-state index < -0.39 is 10.8 Å². The van der Waals surface area contributed by atoms with Crippen LogP contribution in [0.2, 0.25) is 0 Å². The van der Waals surface area contributed by atoms with Gasteiger partial charge < -0.3 is 15.8 Å². The van der Waals surface area contributed by atoms with Gasteiger partial charge in [0.2, 0.25) is 0 Å². The van der Waals surface area contributed by atoms with Gasteiger partial charge in [-0.3, -0.25) is 4.79 Å². The second kappa shape index (κ2) is 4.04. The molecule has 0 saturated heterocycles.